The Labute approximate surface area is 73.8 Å². The number of carbonyl (C=O) groups excluding carboxylic acids is 1. The van der Waals surface area contributed by atoms with Gasteiger partial charge in [0.2, 0.25) is 0 Å². The molecule has 0 aromatic heterocycles. The number of carbonyl (C=O) groups is 1. The fourth-order valence-corrected chi connectivity index (χ4v) is 2.75. The van der Waals surface area contributed by atoms with Crippen LogP contribution in [0.25, 0.3) is 0 Å². The first-order valence-electron chi connectivity index (χ1n) is 4.98. The van der Waals surface area contributed by atoms with E-state index in [1.165, 1.54) is 25.7 Å². The van der Waals surface area contributed by atoms with Crippen molar-refractivity contribution in [2.24, 2.45) is 17.8 Å². The highest BCUT2D eigenvalue weighted by Crippen LogP contribution is 2.56. The van der Waals surface area contributed by atoms with Crippen molar-refractivity contribution in [3.05, 3.63) is 12.7 Å². The molecular weight excluding hydrogens is 148 g/mol. The van der Waals surface area contributed by atoms with Gasteiger partial charge in [0.1, 0.15) is 5.78 Å². The molecule has 0 amide bonds. The van der Waals surface area contributed by atoms with Crippen LogP contribution in [0.5, 0.6) is 0 Å². The summed E-state index contributed by atoms with van der Waals surface area (Å²) in [5.41, 5.74) is 0. The molecular formula is C11H16O. The second-order valence-corrected chi connectivity index (χ2v) is 4.10. The highest BCUT2D eigenvalue weighted by atomic mass is 16.1. The van der Waals surface area contributed by atoms with Crippen molar-refractivity contribution in [2.75, 3.05) is 0 Å². The van der Waals surface area contributed by atoms with E-state index in [-0.39, 0.29) is 0 Å². The molecule has 1 nitrogen and oxygen atoms in total. The summed E-state index contributed by atoms with van der Waals surface area (Å²) >= 11 is 0. The van der Waals surface area contributed by atoms with Gasteiger partial charge in [-0.1, -0.05) is 18.9 Å². The van der Waals surface area contributed by atoms with Crippen molar-refractivity contribution in [1.82, 2.24) is 0 Å². The first-order valence-corrected chi connectivity index (χ1v) is 4.98. The average Bonchev–Trinajstić information content (AvgIpc) is 2.78. The molecule has 0 aromatic carbocycles. The normalized spacial score (nSPS) is 38.5. The molecule has 0 saturated heterocycles. The molecule has 66 valence electrons. The standard InChI is InChI=1S/C11H16O/c1-2-5-10(12)11-8-6-3-4-7-9(8)11/h2,8-9,11H,1,3-7H2. The highest BCUT2D eigenvalue weighted by molar-refractivity contribution is 5.85. The Morgan fingerprint density at radius 2 is 1.92 bits per heavy atom. The molecule has 2 fully saturated rings. The van der Waals surface area contributed by atoms with Gasteiger partial charge in [-0.3, -0.25) is 4.79 Å². The number of Topliss-reactive ketones (excluding diaryl/α,β-unsaturated/α-hetero) is 1. The number of ketones is 1. The second-order valence-electron chi connectivity index (χ2n) is 4.10. The summed E-state index contributed by atoms with van der Waals surface area (Å²) < 4.78 is 0. The number of allylic oxidation sites excluding steroid dienone is 1. The van der Waals surface area contributed by atoms with Gasteiger partial charge in [-0.15, -0.1) is 6.58 Å². The molecule has 0 aromatic rings. The van der Waals surface area contributed by atoms with Gasteiger partial charge in [-0.05, 0) is 24.7 Å². The van der Waals surface area contributed by atoms with Gasteiger partial charge in [0.25, 0.3) is 0 Å². The zero-order valence-corrected chi connectivity index (χ0v) is 7.46. The average molecular weight is 164 g/mol. The summed E-state index contributed by atoms with van der Waals surface area (Å²) in [6, 6.07) is 0. The third kappa shape index (κ3) is 1.21. The number of hydrogen-bond acceptors (Lipinski definition) is 1. The van der Waals surface area contributed by atoms with E-state index in [0.717, 1.165) is 11.8 Å². The number of rotatable bonds is 3. The lowest BCUT2D eigenvalue weighted by molar-refractivity contribution is -0.120. The zero-order valence-electron chi connectivity index (χ0n) is 7.46. The van der Waals surface area contributed by atoms with Crippen molar-refractivity contribution < 1.29 is 4.79 Å². The maximum absolute atomic E-state index is 11.5. The number of fused-ring (bicyclic) bond motifs is 1. The smallest absolute Gasteiger partial charge is 0.140 e. The molecule has 0 bridgehead atoms. The summed E-state index contributed by atoms with van der Waals surface area (Å²) in [6.07, 6.45) is 7.64. The van der Waals surface area contributed by atoms with Crippen LogP contribution in [-0.4, -0.2) is 5.78 Å². The molecule has 0 aliphatic heterocycles. The van der Waals surface area contributed by atoms with Crippen molar-refractivity contribution >= 4 is 5.78 Å². The van der Waals surface area contributed by atoms with Gasteiger partial charge in [0.15, 0.2) is 0 Å². The van der Waals surface area contributed by atoms with Gasteiger partial charge in [-0.25, -0.2) is 0 Å². The zero-order chi connectivity index (χ0) is 8.55. The quantitative estimate of drug-likeness (QED) is 0.586. The van der Waals surface area contributed by atoms with E-state index in [0.29, 0.717) is 18.1 Å². The maximum Gasteiger partial charge on any atom is 0.140 e. The van der Waals surface area contributed by atoms with E-state index in [1.807, 2.05) is 0 Å². The van der Waals surface area contributed by atoms with Crippen molar-refractivity contribution in [3.8, 4) is 0 Å². The topological polar surface area (TPSA) is 17.1 Å². The van der Waals surface area contributed by atoms with Gasteiger partial charge in [0, 0.05) is 12.3 Å². The highest BCUT2D eigenvalue weighted by Gasteiger charge is 2.53. The molecule has 0 radical (unpaired) electrons. The number of hydrogen-bond donors (Lipinski definition) is 0. The van der Waals surface area contributed by atoms with Crippen LogP contribution in [-0.2, 0) is 4.79 Å². The third-order valence-corrected chi connectivity index (χ3v) is 3.37. The van der Waals surface area contributed by atoms with E-state index in [2.05, 4.69) is 6.58 Å². The lowest BCUT2D eigenvalue weighted by Gasteiger charge is -2.04. The van der Waals surface area contributed by atoms with E-state index in [4.69, 9.17) is 0 Å². The van der Waals surface area contributed by atoms with E-state index < -0.39 is 0 Å². The lowest BCUT2D eigenvalue weighted by Crippen LogP contribution is -2.00. The van der Waals surface area contributed by atoms with E-state index in [9.17, 15) is 4.79 Å². The Bertz CT molecular complexity index is 195. The second kappa shape index (κ2) is 3.04. The van der Waals surface area contributed by atoms with Crippen LogP contribution in [0, 0.1) is 17.8 Å². The Kier molecular flexibility index (Phi) is 2.03. The Morgan fingerprint density at radius 3 is 2.42 bits per heavy atom. The SMILES string of the molecule is C=CCC(=O)C1C2CCCCC21. The van der Waals surface area contributed by atoms with Crippen LogP contribution >= 0.6 is 0 Å². The Balaban J connectivity index is 1.91. The Morgan fingerprint density at radius 1 is 1.33 bits per heavy atom. The van der Waals surface area contributed by atoms with Gasteiger partial charge in [0.05, 0.1) is 0 Å². The Hall–Kier alpha value is -0.590. The van der Waals surface area contributed by atoms with Crippen molar-refractivity contribution in [2.45, 2.75) is 32.1 Å². The van der Waals surface area contributed by atoms with Crippen LogP contribution in [0.4, 0.5) is 0 Å². The van der Waals surface area contributed by atoms with Gasteiger partial charge in [-0.2, -0.15) is 0 Å². The molecule has 1 heteroatoms. The minimum absolute atomic E-state index is 0.436. The molecule has 12 heavy (non-hydrogen) atoms. The molecule has 2 unspecified atom stereocenters. The summed E-state index contributed by atoms with van der Waals surface area (Å²) in [4.78, 5) is 11.5. The summed E-state index contributed by atoms with van der Waals surface area (Å²) in [5.74, 6) is 2.42. The first kappa shape index (κ1) is 8.03. The van der Waals surface area contributed by atoms with E-state index in [1.54, 1.807) is 6.08 Å². The van der Waals surface area contributed by atoms with Crippen LogP contribution in [0.15, 0.2) is 12.7 Å². The summed E-state index contributed by atoms with van der Waals surface area (Å²) in [5, 5.41) is 0. The minimum Gasteiger partial charge on any atom is -0.299 e. The molecule has 2 rings (SSSR count). The lowest BCUT2D eigenvalue weighted by atomic mass is 10.0. The fraction of sp³-hybridized carbons (Fsp3) is 0.727. The van der Waals surface area contributed by atoms with Crippen molar-refractivity contribution in [3.63, 3.8) is 0 Å². The van der Waals surface area contributed by atoms with Gasteiger partial charge < -0.3 is 0 Å². The maximum atomic E-state index is 11.5. The predicted molar refractivity (Wildman–Crippen MR) is 48.8 cm³/mol. The molecule has 2 atom stereocenters. The predicted octanol–water partition coefficient (Wildman–Crippen LogP) is 2.57. The third-order valence-electron chi connectivity index (χ3n) is 3.37. The van der Waals surface area contributed by atoms with Crippen LogP contribution < -0.4 is 0 Å². The fourth-order valence-electron chi connectivity index (χ4n) is 2.75. The van der Waals surface area contributed by atoms with E-state index >= 15 is 0 Å². The van der Waals surface area contributed by atoms with Crippen LogP contribution in [0.1, 0.15) is 32.1 Å². The molecule has 0 heterocycles. The molecule has 0 N–H and O–H groups in total. The summed E-state index contributed by atoms with van der Waals surface area (Å²) in [6.45, 7) is 3.61. The van der Waals surface area contributed by atoms with Crippen LogP contribution in [0.2, 0.25) is 0 Å². The molecule has 2 saturated carbocycles. The minimum atomic E-state index is 0.436. The molecule has 2 aliphatic rings. The largest absolute Gasteiger partial charge is 0.299 e. The van der Waals surface area contributed by atoms with Crippen LogP contribution in [0.3, 0.4) is 0 Å². The van der Waals surface area contributed by atoms with Gasteiger partial charge >= 0.3 is 0 Å². The molecule has 0 spiro atoms. The monoisotopic (exact) mass is 164 g/mol. The van der Waals surface area contributed by atoms with Crippen molar-refractivity contribution in [1.29, 1.82) is 0 Å². The first-order chi connectivity index (χ1) is 5.84. The summed E-state index contributed by atoms with van der Waals surface area (Å²) in [7, 11) is 0. The molecule has 2 aliphatic carbocycles.